The third-order valence-corrected chi connectivity index (χ3v) is 8.72. The van der Waals surface area contributed by atoms with Crippen molar-refractivity contribution in [3.63, 3.8) is 0 Å². The number of fused-ring (bicyclic) bond motifs is 11. The molecule has 0 saturated carbocycles. The molecule has 8 rings (SSSR count). The van der Waals surface area contributed by atoms with Crippen LogP contribution in [0.5, 0.6) is 0 Å². The monoisotopic (exact) mass is 485 g/mol. The highest BCUT2D eigenvalue weighted by atomic mass is 14.7. The first-order chi connectivity index (χ1) is 18.5. The van der Waals surface area contributed by atoms with Gasteiger partial charge in [0.1, 0.15) is 0 Å². The highest BCUT2D eigenvalue weighted by Gasteiger charge is 2.37. The van der Waals surface area contributed by atoms with Gasteiger partial charge in [0, 0.05) is 22.6 Å². The number of hydrogen-bond acceptors (Lipinski definition) is 1. The first-order valence-electron chi connectivity index (χ1n) is 13.4. The first-order valence-corrected chi connectivity index (χ1v) is 13.4. The van der Waals surface area contributed by atoms with Crippen LogP contribution in [-0.2, 0) is 5.41 Å². The Morgan fingerprint density at radius 1 is 0.579 bits per heavy atom. The van der Waals surface area contributed by atoms with Gasteiger partial charge in [-0.3, -0.25) is 4.98 Å². The maximum atomic E-state index is 4.88. The number of rotatable bonds is 1. The summed E-state index contributed by atoms with van der Waals surface area (Å²) in [6, 6.07) is 38.2. The van der Waals surface area contributed by atoms with Gasteiger partial charge in [0.05, 0.1) is 5.69 Å². The maximum absolute atomic E-state index is 4.88. The number of pyridine rings is 1. The lowest BCUT2D eigenvalue weighted by Crippen LogP contribution is -2.14. The van der Waals surface area contributed by atoms with Crippen LogP contribution in [0.3, 0.4) is 0 Å². The van der Waals surface area contributed by atoms with E-state index in [1.807, 2.05) is 6.20 Å². The van der Waals surface area contributed by atoms with Gasteiger partial charge in [0.2, 0.25) is 0 Å². The van der Waals surface area contributed by atoms with E-state index < -0.39 is 0 Å². The molecule has 0 saturated heterocycles. The molecule has 0 unspecified atom stereocenters. The standard InChI is InChI=1S/C37H27N/c1-22-12-13-24-21-38-34(20-25(24)18-22)23-14-16-32-31(19-23)36-33(37(32,2)3)17-15-30-28-10-5-4-8-26(28)27-9-6-7-11-29(27)35(30)36/h4-21H,1-3H3. The van der Waals surface area contributed by atoms with E-state index in [2.05, 4.69) is 124 Å². The molecule has 7 aromatic rings. The molecule has 0 radical (unpaired) electrons. The van der Waals surface area contributed by atoms with Crippen LogP contribution in [0.25, 0.3) is 65.5 Å². The Bertz CT molecular complexity index is 2080. The minimum absolute atomic E-state index is 0.0714. The van der Waals surface area contributed by atoms with Crippen LogP contribution in [0.4, 0.5) is 0 Å². The third kappa shape index (κ3) is 2.85. The normalized spacial score (nSPS) is 13.9. The Hall–Kier alpha value is -4.49. The molecule has 1 heteroatoms. The molecule has 0 aliphatic heterocycles. The average Bonchev–Trinajstić information content (AvgIpc) is 3.18. The van der Waals surface area contributed by atoms with Gasteiger partial charge in [-0.15, -0.1) is 0 Å². The van der Waals surface area contributed by atoms with Gasteiger partial charge in [-0.05, 0) is 79.0 Å². The van der Waals surface area contributed by atoms with Crippen molar-refractivity contribution in [1.82, 2.24) is 4.98 Å². The molecule has 1 aromatic heterocycles. The predicted octanol–water partition coefficient (Wildman–Crippen LogP) is 9.98. The fourth-order valence-electron chi connectivity index (χ4n) is 6.82. The Kier molecular flexibility index (Phi) is 4.27. The molecule has 1 heterocycles. The maximum Gasteiger partial charge on any atom is 0.0708 e. The van der Waals surface area contributed by atoms with Crippen LogP contribution in [-0.4, -0.2) is 4.98 Å². The molecule has 1 aliphatic carbocycles. The molecule has 0 spiro atoms. The van der Waals surface area contributed by atoms with Crippen molar-refractivity contribution in [1.29, 1.82) is 0 Å². The average molecular weight is 486 g/mol. The fraction of sp³-hybridized carbons (Fsp3) is 0.108. The summed E-state index contributed by atoms with van der Waals surface area (Å²) < 4.78 is 0. The molecule has 0 fully saturated rings. The van der Waals surface area contributed by atoms with Crippen LogP contribution in [0.15, 0.2) is 109 Å². The Morgan fingerprint density at radius 2 is 1.24 bits per heavy atom. The first kappa shape index (κ1) is 21.6. The molecule has 6 aromatic carbocycles. The van der Waals surface area contributed by atoms with Crippen molar-refractivity contribution < 1.29 is 0 Å². The van der Waals surface area contributed by atoms with Gasteiger partial charge in [0.25, 0.3) is 0 Å². The topological polar surface area (TPSA) is 12.9 Å². The lowest BCUT2D eigenvalue weighted by Gasteiger charge is -2.22. The summed E-state index contributed by atoms with van der Waals surface area (Å²) in [5.41, 5.74) is 8.88. The van der Waals surface area contributed by atoms with E-state index in [9.17, 15) is 0 Å². The molecule has 38 heavy (non-hydrogen) atoms. The molecular weight excluding hydrogens is 458 g/mol. The van der Waals surface area contributed by atoms with Crippen molar-refractivity contribution in [2.45, 2.75) is 26.2 Å². The van der Waals surface area contributed by atoms with E-state index >= 15 is 0 Å². The zero-order valence-electron chi connectivity index (χ0n) is 21.8. The second kappa shape index (κ2) is 7.52. The fourth-order valence-corrected chi connectivity index (χ4v) is 6.82. The summed E-state index contributed by atoms with van der Waals surface area (Å²) in [5.74, 6) is 0. The Morgan fingerprint density at radius 3 is 2.00 bits per heavy atom. The lowest BCUT2D eigenvalue weighted by molar-refractivity contribution is 0.661. The zero-order chi connectivity index (χ0) is 25.6. The number of nitrogens with zero attached hydrogens (tertiary/aromatic N) is 1. The SMILES string of the molecule is Cc1ccc2cnc(-c3ccc4c(c3)-c3c(ccc5c6ccccc6c6ccccc6c35)C4(C)C)cc2c1. The van der Waals surface area contributed by atoms with E-state index in [0.717, 1.165) is 11.3 Å². The number of aromatic nitrogens is 1. The van der Waals surface area contributed by atoms with E-state index in [0.29, 0.717) is 0 Å². The molecule has 0 amide bonds. The minimum atomic E-state index is -0.0714. The molecule has 1 aliphatic rings. The Balaban J connectivity index is 1.47. The van der Waals surface area contributed by atoms with Crippen LogP contribution in [0, 0.1) is 6.92 Å². The van der Waals surface area contributed by atoms with Crippen LogP contribution >= 0.6 is 0 Å². The molecule has 180 valence electrons. The smallest absolute Gasteiger partial charge is 0.0708 e. The van der Waals surface area contributed by atoms with E-state index in [1.165, 1.54) is 70.9 Å². The van der Waals surface area contributed by atoms with Gasteiger partial charge in [0.15, 0.2) is 0 Å². The van der Waals surface area contributed by atoms with Gasteiger partial charge >= 0.3 is 0 Å². The predicted molar refractivity (Wildman–Crippen MR) is 162 cm³/mol. The van der Waals surface area contributed by atoms with Crippen molar-refractivity contribution in [2.24, 2.45) is 0 Å². The van der Waals surface area contributed by atoms with Gasteiger partial charge in [-0.2, -0.15) is 0 Å². The summed E-state index contributed by atoms with van der Waals surface area (Å²) in [4.78, 5) is 4.88. The van der Waals surface area contributed by atoms with Crippen LogP contribution in [0.1, 0.15) is 30.5 Å². The molecule has 0 bridgehead atoms. The summed E-state index contributed by atoms with van der Waals surface area (Å²) in [6.07, 6.45) is 2.00. The van der Waals surface area contributed by atoms with Gasteiger partial charge < -0.3 is 0 Å². The zero-order valence-corrected chi connectivity index (χ0v) is 21.8. The van der Waals surface area contributed by atoms with E-state index in [4.69, 9.17) is 4.98 Å². The number of benzene rings is 6. The largest absolute Gasteiger partial charge is 0.256 e. The number of hydrogen-bond donors (Lipinski definition) is 0. The second-order valence-electron chi connectivity index (χ2n) is 11.3. The minimum Gasteiger partial charge on any atom is -0.256 e. The highest BCUT2D eigenvalue weighted by molar-refractivity contribution is 6.29. The van der Waals surface area contributed by atoms with Crippen molar-refractivity contribution in [3.8, 4) is 22.4 Å². The van der Waals surface area contributed by atoms with Crippen LogP contribution in [0.2, 0.25) is 0 Å². The molecule has 1 nitrogen and oxygen atoms in total. The number of aryl methyl sites for hydroxylation is 1. The molecule has 0 N–H and O–H groups in total. The van der Waals surface area contributed by atoms with Gasteiger partial charge in [-0.1, -0.05) is 110 Å². The van der Waals surface area contributed by atoms with E-state index in [1.54, 1.807) is 0 Å². The lowest BCUT2D eigenvalue weighted by atomic mass is 9.81. The van der Waals surface area contributed by atoms with Crippen LogP contribution < -0.4 is 0 Å². The summed E-state index contributed by atoms with van der Waals surface area (Å²) in [5, 5.41) is 10.4. The molecule has 0 atom stereocenters. The highest BCUT2D eigenvalue weighted by Crippen LogP contribution is 2.54. The second-order valence-corrected chi connectivity index (χ2v) is 11.3. The summed E-state index contributed by atoms with van der Waals surface area (Å²) in [6.45, 7) is 6.88. The Labute approximate surface area is 222 Å². The van der Waals surface area contributed by atoms with Crippen molar-refractivity contribution in [3.05, 3.63) is 126 Å². The summed E-state index contributed by atoms with van der Waals surface area (Å²) in [7, 11) is 0. The quantitative estimate of drug-likeness (QED) is 0.211. The van der Waals surface area contributed by atoms with Crippen molar-refractivity contribution in [2.75, 3.05) is 0 Å². The third-order valence-electron chi connectivity index (χ3n) is 8.72. The van der Waals surface area contributed by atoms with Gasteiger partial charge in [-0.25, -0.2) is 0 Å². The summed E-state index contributed by atoms with van der Waals surface area (Å²) >= 11 is 0. The van der Waals surface area contributed by atoms with E-state index in [-0.39, 0.29) is 5.41 Å². The molecular formula is C37H27N. The van der Waals surface area contributed by atoms with Crippen molar-refractivity contribution >= 4 is 43.1 Å².